The van der Waals surface area contributed by atoms with Gasteiger partial charge in [-0.15, -0.1) is 11.3 Å². The van der Waals surface area contributed by atoms with E-state index in [0.717, 1.165) is 11.3 Å². The fourth-order valence-corrected chi connectivity index (χ4v) is 3.49. The number of nitrogens with zero attached hydrogens (tertiary/aromatic N) is 2. The largest absolute Gasteiger partial charge is 0.318 e. The van der Waals surface area contributed by atoms with Gasteiger partial charge >= 0.3 is 0 Å². The van der Waals surface area contributed by atoms with Gasteiger partial charge in [0, 0.05) is 11.8 Å². The summed E-state index contributed by atoms with van der Waals surface area (Å²) in [7, 11) is 0. The molecule has 0 spiro atoms. The van der Waals surface area contributed by atoms with Gasteiger partial charge in [0.05, 0.1) is 32.5 Å². The zero-order valence-electron chi connectivity index (χ0n) is 12.7. The fraction of sp³-hybridized carbons (Fsp3) is 0. The van der Waals surface area contributed by atoms with Crippen molar-refractivity contribution in [2.75, 3.05) is 5.32 Å². The maximum atomic E-state index is 12.3. The molecule has 0 unspecified atom stereocenters. The number of thiophene rings is 1. The number of carbonyl (C=O) groups excluding carboxylic acids is 1. The average molecular weight is 388 g/mol. The number of nitrogens with one attached hydrogen (secondary N) is 1. The number of imidazole rings is 1. The zero-order valence-corrected chi connectivity index (χ0v) is 15.1. The van der Waals surface area contributed by atoms with Gasteiger partial charge in [0.1, 0.15) is 0 Å². The van der Waals surface area contributed by atoms with Crippen LogP contribution in [0.1, 0.15) is 9.67 Å². The molecule has 0 fully saturated rings. The first-order chi connectivity index (χ1) is 12.1. The Kier molecular flexibility index (Phi) is 4.21. The molecule has 124 valence electrons. The van der Waals surface area contributed by atoms with Gasteiger partial charge in [-0.2, -0.15) is 0 Å². The van der Waals surface area contributed by atoms with Gasteiger partial charge in [-0.25, -0.2) is 4.98 Å². The summed E-state index contributed by atoms with van der Waals surface area (Å²) in [5, 5.41) is 5.77. The molecule has 7 heteroatoms. The lowest BCUT2D eigenvalue weighted by atomic mass is 10.2. The third-order valence-corrected chi connectivity index (χ3v) is 5.35. The van der Waals surface area contributed by atoms with Crippen LogP contribution >= 0.6 is 34.5 Å². The van der Waals surface area contributed by atoms with E-state index >= 15 is 0 Å². The molecule has 3 heterocycles. The van der Waals surface area contributed by atoms with Gasteiger partial charge < -0.3 is 5.32 Å². The second-order valence-electron chi connectivity index (χ2n) is 5.32. The standard InChI is InChI=1S/C18H11Cl2N3OS/c19-12-6-5-11(9-13(12)20)15-10-21-17-14(3-1-7-23(15)17)22-18(24)16-4-2-8-25-16/h1-10H,(H,22,24). The maximum Gasteiger partial charge on any atom is 0.265 e. The Bertz CT molecular complexity index is 1070. The molecule has 4 aromatic rings. The number of fused-ring (bicyclic) bond motifs is 1. The fourth-order valence-electron chi connectivity index (χ4n) is 2.57. The Morgan fingerprint density at radius 1 is 1.12 bits per heavy atom. The number of rotatable bonds is 3. The van der Waals surface area contributed by atoms with Crippen LogP contribution in [0.4, 0.5) is 5.69 Å². The van der Waals surface area contributed by atoms with E-state index in [1.165, 1.54) is 11.3 Å². The van der Waals surface area contributed by atoms with Crippen molar-refractivity contribution in [1.82, 2.24) is 9.38 Å². The molecule has 0 radical (unpaired) electrons. The first kappa shape index (κ1) is 16.1. The van der Waals surface area contributed by atoms with E-state index in [9.17, 15) is 4.79 Å². The SMILES string of the molecule is O=C(Nc1cccn2c(-c3ccc(Cl)c(Cl)c3)cnc12)c1cccs1. The minimum Gasteiger partial charge on any atom is -0.318 e. The summed E-state index contributed by atoms with van der Waals surface area (Å²) in [5.41, 5.74) is 3.06. The Hall–Kier alpha value is -2.34. The van der Waals surface area contributed by atoms with Crippen molar-refractivity contribution < 1.29 is 4.79 Å². The van der Waals surface area contributed by atoms with E-state index in [4.69, 9.17) is 23.2 Å². The Morgan fingerprint density at radius 2 is 2.00 bits per heavy atom. The summed E-state index contributed by atoms with van der Waals surface area (Å²) in [6, 6.07) is 12.7. The van der Waals surface area contributed by atoms with Crippen LogP contribution in [0.2, 0.25) is 10.0 Å². The Morgan fingerprint density at radius 3 is 2.76 bits per heavy atom. The quantitative estimate of drug-likeness (QED) is 0.495. The molecule has 0 aliphatic heterocycles. The highest BCUT2D eigenvalue weighted by molar-refractivity contribution is 7.12. The van der Waals surface area contributed by atoms with Crippen LogP contribution in [0.15, 0.2) is 60.2 Å². The zero-order chi connectivity index (χ0) is 17.4. The van der Waals surface area contributed by atoms with Crippen molar-refractivity contribution in [3.05, 3.63) is 75.2 Å². The van der Waals surface area contributed by atoms with Gasteiger partial charge in [0.15, 0.2) is 5.65 Å². The number of carbonyl (C=O) groups is 1. The van der Waals surface area contributed by atoms with Crippen molar-refractivity contribution in [3.8, 4) is 11.3 Å². The van der Waals surface area contributed by atoms with Gasteiger partial charge in [0.25, 0.3) is 5.91 Å². The summed E-state index contributed by atoms with van der Waals surface area (Å²) in [5.74, 6) is -0.151. The molecule has 25 heavy (non-hydrogen) atoms. The third kappa shape index (κ3) is 3.02. The van der Waals surface area contributed by atoms with Crippen molar-refractivity contribution in [1.29, 1.82) is 0 Å². The smallest absolute Gasteiger partial charge is 0.265 e. The minimum absolute atomic E-state index is 0.151. The molecule has 3 aromatic heterocycles. The van der Waals surface area contributed by atoms with Crippen molar-refractivity contribution >= 4 is 51.8 Å². The second-order valence-corrected chi connectivity index (χ2v) is 7.08. The number of amides is 1. The van der Waals surface area contributed by atoms with Crippen LogP contribution in [0.5, 0.6) is 0 Å². The van der Waals surface area contributed by atoms with E-state index in [1.54, 1.807) is 24.4 Å². The molecular formula is C18H11Cl2N3OS. The summed E-state index contributed by atoms with van der Waals surface area (Å²) >= 11 is 13.5. The second kappa shape index (κ2) is 6.52. The topological polar surface area (TPSA) is 46.4 Å². The number of benzene rings is 1. The van der Waals surface area contributed by atoms with Crippen LogP contribution in [-0.2, 0) is 0 Å². The highest BCUT2D eigenvalue weighted by Gasteiger charge is 2.13. The lowest BCUT2D eigenvalue weighted by molar-refractivity contribution is 0.103. The average Bonchev–Trinajstić information content (AvgIpc) is 3.27. The van der Waals surface area contributed by atoms with Crippen LogP contribution in [0.25, 0.3) is 16.9 Å². The van der Waals surface area contributed by atoms with Crippen molar-refractivity contribution in [2.45, 2.75) is 0 Å². The highest BCUT2D eigenvalue weighted by Crippen LogP contribution is 2.30. The summed E-state index contributed by atoms with van der Waals surface area (Å²) in [6.45, 7) is 0. The predicted octanol–water partition coefficient (Wildman–Crippen LogP) is 5.62. The summed E-state index contributed by atoms with van der Waals surface area (Å²) in [6.07, 6.45) is 3.64. The highest BCUT2D eigenvalue weighted by atomic mass is 35.5. The lowest BCUT2D eigenvalue weighted by Crippen LogP contribution is -2.11. The van der Waals surface area contributed by atoms with Crippen LogP contribution < -0.4 is 5.32 Å². The number of pyridine rings is 1. The molecule has 0 aliphatic rings. The predicted molar refractivity (Wildman–Crippen MR) is 103 cm³/mol. The molecule has 4 nitrogen and oxygen atoms in total. The van der Waals surface area contributed by atoms with Gasteiger partial charge in [0.2, 0.25) is 0 Å². The number of anilines is 1. The van der Waals surface area contributed by atoms with E-state index < -0.39 is 0 Å². The van der Waals surface area contributed by atoms with Crippen LogP contribution in [0, 0.1) is 0 Å². The van der Waals surface area contributed by atoms with Crippen molar-refractivity contribution in [2.24, 2.45) is 0 Å². The van der Waals surface area contributed by atoms with Crippen LogP contribution in [-0.4, -0.2) is 15.3 Å². The first-order valence-corrected chi connectivity index (χ1v) is 9.03. The van der Waals surface area contributed by atoms with E-state index in [2.05, 4.69) is 10.3 Å². The van der Waals surface area contributed by atoms with E-state index in [-0.39, 0.29) is 5.91 Å². The number of aromatic nitrogens is 2. The molecule has 0 saturated carbocycles. The lowest BCUT2D eigenvalue weighted by Gasteiger charge is -2.07. The number of halogens is 2. The summed E-state index contributed by atoms with van der Waals surface area (Å²) < 4.78 is 1.91. The minimum atomic E-state index is -0.151. The molecule has 0 bridgehead atoms. The number of hydrogen-bond donors (Lipinski definition) is 1. The summed E-state index contributed by atoms with van der Waals surface area (Å²) in [4.78, 5) is 17.4. The third-order valence-electron chi connectivity index (χ3n) is 3.74. The molecule has 0 aliphatic carbocycles. The van der Waals surface area contributed by atoms with Gasteiger partial charge in [-0.05, 0) is 35.7 Å². The van der Waals surface area contributed by atoms with E-state index in [1.807, 2.05) is 40.2 Å². The normalized spacial score (nSPS) is 11.0. The molecule has 0 atom stereocenters. The molecule has 1 aromatic carbocycles. The molecular weight excluding hydrogens is 377 g/mol. The van der Waals surface area contributed by atoms with Gasteiger partial charge in [-0.1, -0.05) is 35.3 Å². The molecule has 1 amide bonds. The van der Waals surface area contributed by atoms with E-state index in [0.29, 0.717) is 26.3 Å². The Labute approximate surface area is 157 Å². The monoisotopic (exact) mass is 387 g/mol. The maximum absolute atomic E-state index is 12.3. The molecule has 4 rings (SSSR count). The Balaban J connectivity index is 1.75. The molecule has 0 saturated heterocycles. The first-order valence-electron chi connectivity index (χ1n) is 7.40. The molecule has 1 N–H and O–H groups in total. The number of hydrogen-bond acceptors (Lipinski definition) is 3. The van der Waals surface area contributed by atoms with Crippen molar-refractivity contribution in [3.63, 3.8) is 0 Å². The van der Waals surface area contributed by atoms with Gasteiger partial charge in [-0.3, -0.25) is 9.20 Å². The van der Waals surface area contributed by atoms with Crippen LogP contribution in [0.3, 0.4) is 0 Å².